The Hall–Kier alpha value is -0.460. The van der Waals surface area contributed by atoms with Gasteiger partial charge in [-0.05, 0) is 12.8 Å². The SMILES string of the molecule is CCCCCCCCCCCCCCCCOC[C@H](COP(=O)(O)O)OC(=O)CCCCCCCCCCC. The monoisotopic (exact) mass is 578 g/mol. The smallest absolute Gasteiger partial charge is 0.457 e. The highest BCUT2D eigenvalue weighted by Gasteiger charge is 2.21. The minimum Gasteiger partial charge on any atom is -0.457 e. The van der Waals surface area contributed by atoms with Crippen molar-refractivity contribution in [3.63, 3.8) is 0 Å². The minimum atomic E-state index is -4.63. The molecule has 0 radical (unpaired) electrons. The normalized spacial score (nSPS) is 12.6. The summed E-state index contributed by atoms with van der Waals surface area (Å²) in [5.74, 6) is -0.364. The van der Waals surface area contributed by atoms with Crippen LogP contribution in [-0.2, 0) is 23.4 Å². The zero-order valence-electron chi connectivity index (χ0n) is 25.6. The van der Waals surface area contributed by atoms with E-state index < -0.39 is 13.9 Å². The van der Waals surface area contributed by atoms with E-state index in [1.54, 1.807) is 0 Å². The first-order valence-corrected chi connectivity index (χ1v) is 17.9. The molecule has 0 bridgehead atoms. The van der Waals surface area contributed by atoms with Crippen molar-refractivity contribution in [2.75, 3.05) is 19.8 Å². The van der Waals surface area contributed by atoms with Crippen molar-refractivity contribution in [2.24, 2.45) is 0 Å². The fraction of sp³-hybridized carbons (Fsp3) is 0.968. The van der Waals surface area contributed by atoms with Gasteiger partial charge in [0.25, 0.3) is 0 Å². The van der Waals surface area contributed by atoms with E-state index in [1.807, 2.05) is 0 Å². The third kappa shape index (κ3) is 31.9. The first-order valence-electron chi connectivity index (χ1n) is 16.4. The highest BCUT2D eigenvalue weighted by molar-refractivity contribution is 7.46. The van der Waals surface area contributed by atoms with Crippen molar-refractivity contribution >= 4 is 13.8 Å². The summed E-state index contributed by atoms with van der Waals surface area (Å²) in [5, 5.41) is 0. The number of carbonyl (C=O) groups excluding carboxylic acids is 1. The van der Waals surface area contributed by atoms with Gasteiger partial charge < -0.3 is 19.3 Å². The Morgan fingerprint density at radius 2 is 0.974 bits per heavy atom. The van der Waals surface area contributed by atoms with Crippen LogP contribution in [0, 0.1) is 0 Å². The van der Waals surface area contributed by atoms with Crippen LogP contribution in [0.15, 0.2) is 0 Å². The number of ether oxygens (including phenoxy) is 2. The summed E-state index contributed by atoms with van der Waals surface area (Å²) in [6, 6.07) is 0. The van der Waals surface area contributed by atoms with Crippen molar-refractivity contribution in [3.05, 3.63) is 0 Å². The molecule has 0 aromatic rings. The van der Waals surface area contributed by atoms with Crippen molar-refractivity contribution in [1.82, 2.24) is 0 Å². The van der Waals surface area contributed by atoms with E-state index >= 15 is 0 Å². The molecule has 0 rings (SSSR count). The van der Waals surface area contributed by atoms with E-state index in [4.69, 9.17) is 19.3 Å². The highest BCUT2D eigenvalue weighted by atomic mass is 31.2. The lowest BCUT2D eigenvalue weighted by Crippen LogP contribution is -2.28. The first-order chi connectivity index (χ1) is 18.9. The summed E-state index contributed by atoms with van der Waals surface area (Å²) in [5.41, 5.74) is 0. The molecule has 0 saturated carbocycles. The van der Waals surface area contributed by atoms with E-state index in [9.17, 15) is 9.36 Å². The topological polar surface area (TPSA) is 102 Å². The molecule has 0 unspecified atom stereocenters. The van der Waals surface area contributed by atoms with E-state index in [-0.39, 0.29) is 19.2 Å². The fourth-order valence-electron chi connectivity index (χ4n) is 4.73. The Morgan fingerprint density at radius 1 is 0.590 bits per heavy atom. The van der Waals surface area contributed by atoms with E-state index in [1.165, 1.54) is 116 Å². The molecule has 8 heteroatoms. The number of carbonyl (C=O) groups is 1. The average Bonchev–Trinajstić information content (AvgIpc) is 2.90. The number of rotatable bonds is 31. The Labute approximate surface area is 240 Å². The molecule has 0 aromatic carbocycles. The third-order valence-corrected chi connectivity index (χ3v) is 7.64. The summed E-state index contributed by atoms with van der Waals surface area (Å²) in [6.45, 7) is 4.74. The molecule has 0 heterocycles. The fourth-order valence-corrected chi connectivity index (χ4v) is 5.10. The molecule has 0 spiro atoms. The number of phosphoric acid groups is 1. The maximum atomic E-state index is 12.2. The second-order valence-electron chi connectivity index (χ2n) is 11.1. The minimum absolute atomic E-state index is 0.0853. The van der Waals surface area contributed by atoms with Gasteiger partial charge in [-0.25, -0.2) is 4.57 Å². The van der Waals surface area contributed by atoms with Crippen molar-refractivity contribution in [3.8, 4) is 0 Å². The van der Waals surface area contributed by atoms with Gasteiger partial charge in [0.05, 0.1) is 13.2 Å². The largest absolute Gasteiger partial charge is 0.469 e. The summed E-state index contributed by atoms with van der Waals surface area (Å²) >= 11 is 0. The van der Waals surface area contributed by atoms with Crippen LogP contribution < -0.4 is 0 Å². The van der Waals surface area contributed by atoms with Gasteiger partial charge in [0, 0.05) is 13.0 Å². The summed E-state index contributed by atoms with van der Waals surface area (Å²) < 4.78 is 26.7. The number of phosphoric ester groups is 1. The van der Waals surface area contributed by atoms with Crippen molar-refractivity contribution < 1.29 is 33.1 Å². The highest BCUT2D eigenvalue weighted by Crippen LogP contribution is 2.35. The summed E-state index contributed by atoms with van der Waals surface area (Å²) in [4.78, 5) is 30.3. The first kappa shape index (κ1) is 38.5. The Kier molecular flexibility index (Phi) is 28.7. The zero-order chi connectivity index (χ0) is 28.9. The molecule has 0 fully saturated rings. The van der Waals surface area contributed by atoms with Gasteiger partial charge in [0.1, 0.15) is 6.10 Å². The maximum Gasteiger partial charge on any atom is 0.469 e. The van der Waals surface area contributed by atoms with Crippen LogP contribution in [-0.4, -0.2) is 41.7 Å². The molecule has 7 nitrogen and oxygen atoms in total. The van der Waals surface area contributed by atoms with Gasteiger partial charge in [0.15, 0.2) is 0 Å². The number of esters is 1. The molecule has 0 aromatic heterocycles. The standard InChI is InChI=1S/C31H63O7P/c1-3-5-7-9-11-13-14-15-16-17-19-21-23-25-27-36-28-30(29-37-39(33,34)35)38-31(32)26-24-22-20-18-12-10-8-6-4-2/h30H,3-29H2,1-2H3,(H2,33,34,35)/t30-/m1/s1. The predicted octanol–water partition coefficient (Wildman–Crippen LogP) is 9.43. The Morgan fingerprint density at radius 3 is 1.38 bits per heavy atom. The maximum absolute atomic E-state index is 12.2. The Bertz CT molecular complexity index is 567. The van der Waals surface area contributed by atoms with Crippen LogP contribution in [0.2, 0.25) is 0 Å². The van der Waals surface area contributed by atoms with Gasteiger partial charge in [-0.3, -0.25) is 9.32 Å². The van der Waals surface area contributed by atoms with Crippen LogP contribution in [0.4, 0.5) is 0 Å². The third-order valence-electron chi connectivity index (χ3n) is 7.16. The molecule has 0 aliphatic rings. The molecule has 0 saturated heterocycles. The second-order valence-corrected chi connectivity index (χ2v) is 12.4. The summed E-state index contributed by atoms with van der Waals surface area (Å²) in [6.07, 6.45) is 28.1. The predicted molar refractivity (Wildman–Crippen MR) is 161 cm³/mol. The Balaban J connectivity index is 3.82. The van der Waals surface area contributed by atoms with E-state index in [2.05, 4.69) is 18.4 Å². The van der Waals surface area contributed by atoms with Crippen molar-refractivity contribution in [1.29, 1.82) is 0 Å². The zero-order valence-corrected chi connectivity index (χ0v) is 26.4. The van der Waals surface area contributed by atoms with Gasteiger partial charge >= 0.3 is 13.8 Å². The molecule has 39 heavy (non-hydrogen) atoms. The van der Waals surface area contributed by atoms with Crippen LogP contribution >= 0.6 is 7.82 Å². The number of hydrogen-bond acceptors (Lipinski definition) is 5. The van der Waals surface area contributed by atoms with Gasteiger partial charge in [-0.2, -0.15) is 0 Å². The molecular formula is C31H63O7P. The van der Waals surface area contributed by atoms with Gasteiger partial charge in [0.2, 0.25) is 0 Å². The van der Waals surface area contributed by atoms with Gasteiger partial charge in [-0.15, -0.1) is 0 Å². The molecule has 0 aliphatic heterocycles. The number of unbranched alkanes of at least 4 members (excludes halogenated alkanes) is 21. The second kappa shape index (κ2) is 29.0. The molecule has 0 amide bonds. The van der Waals surface area contributed by atoms with E-state index in [0.717, 1.165) is 32.1 Å². The van der Waals surface area contributed by atoms with Gasteiger partial charge in [-0.1, -0.05) is 149 Å². The van der Waals surface area contributed by atoms with E-state index in [0.29, 0.717) is 13.0 Å². The number of hydrogen-bond donors (Lipinski definition) is 2. The molecular weight excluding hydrogens is 515 g/mol. The lowest BCUT2D eigenvalue weighted by Gasteiger charge is -2.18. The summed E-state index contributed by atoms with van der Waals surface area (Å²) in [7, 11) is -4.63. The molecule has 1 atom stereocenters. The lowest BCUT2D eigenvalue weighted by molar-refractivity contribution is -0.154. The van der Waals surface area contributed by atoms with Crippen LogP contribution in [0.1, 0.15) is 168 Å². The molecule has 0 aliphatic carbocycles. The van der Waals surface area contributed by atoms with Crippen LogP contribution in [0.25, 0.3) is 0 Å². The lowest BCUT2D eigenvalue weighted by atomic mass is 10.0. The quantitative estimate of drug-likeness (QED) is 0.0480. The average molecular weight is 579 g/mol. The van der Waals surface area contributed by atoms with Crippen molar-refractivity contribution in [2.45, 2.75) is 174 Å². The molecule has 234 valence electrons. The van der Waals surface area contributed by atoms with Crippen LogP contribution in [0.5, 0.6) is 0 Å². The van der Waals surface area contributed by atoms with Crippen LogP contribution in [0.3, 0.4) is 0 Å². The molecule has 2 N–H and O–H groups in total.